The summed E-state index contributed by atoms with van der Waals surface area (Å²) in [6.45, 7) is 2.11. The largest absolute Gasteiger partial charge is 0.482 e. The van der Waals surface area contributed by atoms with Gasteiger partial charge in [0.25, 0.3) is 5.91 Å². The summed E-state index contributed by atoms with van der Waals surface area (Å²) in [6, 6.07) is 10.8. The van der Waals surface area contributed by atoms with Gasteiger partial charge in [-0.2, -0.15) is 4.99 Å². The Morgan fingerprint density at radius 2 is 2.12 bits per heavy atom. The van der Waals surface area contributed by atoms with Crippen LogP contribution in [0.2, 0.25) is 10.0 Å². The first-order chi connectivity index (χ1) is 12.5. The Morgan fingerprint density at radius 1 is 1.31 bits per heavy atom. The Bertz CT molecular complexity index is 1090. The fraction of sp³-hybridized carbons (Fsp3) is 0.158. The van der Waals surface area contributed by atoms with Crippen LogP contribution in [0.15, 0.2) is 41.4 Å². The fourth-order valence-corrected chi connectivity index (χ4v) is 3.99. The minimum Gasteiger partial charge on any atom is -0.482 e. The van der Waals surface area contributed by atoms with E-state index in [1.54, 1.807) is 18.2 Å². The van der Waals surface area contributed by atoms with E-state index in [4.69, 9.17) is 34.4 Å². The van der Waals surface area contributed by atoms with Crippen LogP contribution in [0.5, 0.6) is 5.75 Å². The third-order valence-electron chi connectivity index (χ3n) is 3.55. The molecule has 0 spiro atoms. The Hall–Kier alpha value is -2.26. The van der Waals surface area contributed by atoms with Crippen LogP contribution in [0.3, 0.4) is 0 Å². The first kappa shape index (κ1) is 18.5. The Balaban J connectivity index is 1.87. The van der Waals surface area contributed by atoms with Crippen LogP contribution >= 0.6 is 34.5 Å². The number of ether oxygens (including phenoxy) is 1. The second kappa shape index (κ2) is 7.96. The van der Waals surface area contributed by atoms with Gasteiger partial charge in [-0.15, -0.1) is 6.42 Å². The molecule has 3 rings (SSSR count). The van der Waals surface area contributed by atoms with Gasteiger partial charge in [0.05, 0.1) is 21.8 Å². The topological polar surface area (TPSA) is 43.6 Å². The van der Waals surface area contributed by atoms with Crippen LogP contribution < -0.4 is 9.54 Å². The van der Waals surface area contributed by atoms with Crippen LogP contribution in [-0.2, 0) is 11.3 Å². The molecule has 1 heterocycles. The molecule has 0 aliphatic carbocycles. The highest BCUT2D eigenvalue weighted by Gasteiger charge is 2.09. The van der Waals surface area contributed by atoms with Crippen LogP contribution in [0.1, 0.15) is 5.56 Å². The van der Waals surface area contributed by atoms with Crippen molar-refractivity contribution >= 4 is 50.7 Å². The van der Waals surface area contributed by atoms with Crippen molar-refractivity contribution < 1.29 is 9.53 Å². The summed E-state index contributed by atoms with van der Waals surface area (Å²) >= 11 is 13.3. The molecule has 3 aromatic rings. The maximum Gasteiger partial charge on any atom is 0.286 e. The molecule has 0 fully saturated rings. The lowest BCUT2D eigenvalue weighted by Crippen LogP contribution is -2.19. The van der Waals surface area contributed by atoms with Gasteiger partial charge in [-0.3, -0.25) is 4.79 Å². The molecule has 0 saturated heterocycles. The lowest BCUT2D eigenvalue weighted by atomic mass is 10.2. The van der Waals surface area contributed by atoms with Crippen molar-refractivity contribution in [2.24, 2.45) is 4.99 Å². The van der Waals surface area contributed by atoms with E-state index in [2.05, 4.69) is 10.9 Å². The zero-order valence-electron chi connectivity index (χ0n) is 13.8. The third-order valence-corrected chi connectivity index (χ3v) is 5.12. The van der Waals surface area contributed by atoms with Crippen LogP contribution in [0.25, 0.3) is 10.2 Å². The van der Waals surface area contributed by atoms with E-state index >= 15 is 0 Å². The maximum atomic E-state index is 12.2. The number of halogens is 2. The summed E-state index contributed by atoms with van der Waals surface area (Å²) in [5.74, 6) is 2.55. The van der Waals surface area contributed by atoms with Gasteiger partial charge < -0.3 is 9.30 Å². The zero-order chi connectivity index (χ0) is 18.7. The quantitative estimate of drug-likeness (QED) is 0.602. The van der Waals surface area contributed by atoms with Gasteiger partial charge in [0.15, 0.2) is 11.4 Å². The third kappa shape index (κ3) is 4.10. The second-order valence-corrected chi connectivity index (χ2v) is 7.37. The predicted octanol–water partition coefficient (Wildman–Crippen LogP) is 4.46. The number of aromatic nitrogens is 1. The minimum atomic E-state index is -0.426. The van der Waals surface area contributed by atoms with Gasteiger partial charge >= 0.3 is 0 Å². The smallest absolute Gasteiger partial charge is 0.286 e. The lowest BCUT2D eigenvalue weighted by molar-refractivity contribution is -0.120. The number of nitrogens with zero attached hydrogens (tertiary/aromatic N) is 2. The van der Waals surface area contributed by atoms with Crippen molar-refractivity contribution in [2.75, 3.05) is 6.61 Å². The van der Waals surface area contributed by atoms with E-state index < -0.39 is 5.91 Å². The first-order valence-corrected chi connectivity index (χ1v) is 9.24. The van der Waals surface area contributed by atoms with Gasteiger partial charge in [-0.25, -0.2) is 0 Å². The molecule has 7 heteroatoms. The summed E-state index contributed by atoms with van der Waals surface area (Å²) in [4.78, 5) is 16.9. The zero-order valence-corrected chi connectivity index (χ0v) is 16.2. The molecule has 26 heavy (non-hydrogen) atoms. The number of terminal acetylenes is 1. The van der Waals surface area contributed by atoms with Crippen molar-refractivity contribution in [1.29, 1.82) is 0 Å². The standard InChI is InChI=1S/C19H14Cl2N2O2S/c1-3-8-23-15-6-4-12(2)9-17(15)26-19(23)22-18(24)11-25-16-7-5-13(20)10-14(16)21/h1,4-7,9-10H,8,11H2,2H3. The highest BCUT2D eigenvalue weighted by Crippen LogP contribution is 2.27. The number of thiazole rings is 1. The van der Waals surface area contributed by atoms with E-state index in [9.17, 15) is 4.79 Å². The van der Waals surface area contributed by atoms with Crippen LogP contribution in [-0.4, -0.2) is 17.1 Å². The number of amides is 1. The van der Waals surface area contributed by atoms with Gasteiger partial charge in [0.2, 0.25) is 0 Å². The molecule has 0 radical (unpaired) electrons. The second-order valence-electron chi connectivity index (χ2n) is 5.52. The Kier molecular flexibility index (Phi) is 5.67. The summed E-state index contributed by atoms with van der Waals surface area (Å²) in [7, 11) is 0. The molecule has 2 aromatic carbocycles. The highest BCUT2D eigenvalue weighted by atomic mass is 35.5. The Labute approximate surface area is 164 Å². The number of aryl methyl sites for hydroxylation is 1. The molecule has 1 amide bonds. The van der Waals surface area contributed by atoms with Crippen LogP contribution in [0, 0.1) is 19.3 Å². The van der Waals surface area contributed by atoms with E-state index in [0.29, 0.717) is 27.1 Å². The van der Waals surface area contributed by atoms with Crippen molar-refractivity contribution in [2.45, 2.75) is 13.5 Å². The number of rotatable bonds is 4. The molecule has 0 saturated carbocycles. The summed E-state index contributed by atoms with van der Waals surface area (Å²) < 4.78 is 8.30. The number of fused-ring (bicyclic) bond motifs is 1. The van der Waals surface area contributed by atoms with E-state index in [-0.39, 0.29) is 6.61 Å². The molecular weight excluding hydrogens is 391 g/mol. The van der Waals surface area contributed by atoms with Crippen molar-refractivity contribution in [3.63, 3.8) is 0 Å². The number of carbonyl (C=O) groups excluding carboxylic acids is 1. The lowest BCUT2D eigenvalue weighted by Gasteiger charge is -2.05. The number of carbonyl (C=O) groups is 1. The minimum absolute atomic E-state index is 0.231. The average molecular weight is 405 g/mol. The summed E-state index contributed by atoms with van der Waals surface area (Å²) in [6.07, 6.45) is 5.46. The number of hydrogen-bond donors (Lipinski definition) is 0. The maximum absolute atomic E-state index is 12.2. The van der Waals surface area contributed by atoms with E-state index in [1.807, 2.05) is 29.7 Å². The predicted molar refractivity (Wildman–Crippen MR) is 106 cm³/mol. The molecule has 132 valence electrons. The fourth-order valence-electron chi connectivity index (χ4n) is 2.38. The first-order valence-electron chi connectivity index (χ1n) is 7.67. The van der Waals surface area contributed by atoms with Crippen molar-refractivity contribution in [1.82, 2.24) is 4.57 Å². The van der Waals surface area contributed by atoms with Crippen molar-refractivity contribution in [3.05, 3.63) is 56.8 Å². The van der Waals surface area contributed by atoms with Gasteiger partial charge in [-0.05, 0) is 42.8 Å². The van der Waals surface area contributed by atoms with Gasteiger partial charge in [-0.1, -0.05) is 46.5 Å². The molecule has 0 aliphatic heterocycles. The molecule has 0 aliphatic rings. The summed E-state index contributed by atoms with van der Waals surface area (Å²) in [5.41, 5.74) is 2.08. The molecule has 4 nitrogen and oxygen atoms in total. The van der Waals surface area contributed by atoms with Gasteiger partial charge in [0, 0.05) is 5.02 Å². The number of benzene rings is 2. The summed E-state index contributed by atoms with van der Waals surface area (Å²) in [5, 5.41) is 0.833. The molecule has 0 bridgehead atoms. The molecule has 0 atom stereocenters. The average Bonchev–Trinajstić information content (AvgIpc) is 2.91. The monoisotopic (exact) mass is 404 g/mol. The van der Waals surface area contributed by atoms with E-state index in [1.165, 1.54) is 11.3 Å². The normalized spacial score (nSPS) is 11.5. The van der Waals surface area contributed by atoms with Crippen molar-refractivity contribution in [3.8, 4) is 18.1 Å². The molecular formula is C19H14Cl2N2O2S. The highest BCUT2D eigenvalue weighted by molar-refractivity contribution is 7.16. The van der Waals surface area contributed by atoms with Gasteiger partial charge in [0.1, 0.15) is 5.75 Å². The SMILES string of the molecule is C#CCn1c(=NC(=O)COc2ccc(Cl)cc2Cl)sc2cc(C)ccc21. The number of hydrogen-bond acceptors (Lipinski definition) is 3. The molecule has 1 aromatic heterocycles. The van der Waals surface area contributed by atoms with Crippen LogP contribution in [0.4, 0.5) is 0 Å². The van der Waals surface area contributed by atoms with E-state index in [0.717, 1.165) is 15.8 Å². The molecule has 0 N–H and O–H groups in total. The molecule has 0 unspecified atom stereocenters. The Morgan fingerprint density at radius 3 is 2.85 bits per heavy atom.